The number of rotatable bonds is 5. The second kappa shape index (κ2) is 8.65. The number of anilines is 2. The average Bonchev–Trinajstić information content (AvgIpc) is 3.31. The summed E-state index contributed by atoms with van der Waals surface area (Å²) in [6.07, 6.45) is 4.29. The Hall–Kier alpha value is -2.57. The second-order valence-corrected chi connectivity index (χ2v) is 11.1. The first-order valence-electron chi connectivity index (χ1n) is 10.2. The van der Waals surface area contributed by atoms with Gasteiger partial charge in [0.25, 0.3) is 0 Å². The molecule has 4 atom stereocenters. The minimum Gasteiger partial charge on any atom is -0.468 e. The molecule has 2 N–H and O–H groups in total. The number of aromatic nitrogens is 3. The second-order valence-electron chi connectivity index (χ2n) is 8.12. The summed E-state index contributed by atoms with van der Waals surface area (Å²) in [6, 6.07) is 6.90. The fourth-order valence-electron chi connectivity index (χ4n) is 3.92. The molecule has 33 heavy (non-hydrogen) atoms. The minimum atomic E-state index is -2.35. The fourth-order valence-corrected chi connectivity index (χ4v) is 4.84. The molecule has 5 rings (SSSR count). The summed E-state index contributed by atoms with van der Waals surface area (Å²) < 4.78 is 33.7. The van der Waals surface area contributed by atoms with E-state index in [4.69, 9.17) is 25.8 Å². The monoisotopic (exact) mass is 491 g/mol. The molecule has 2 saturated heterocycles. The molecular weight excluding hydrogens is 470 g/mol. The first-order valence-corrected chi connectivity index (χ1v) is 12.9. The van der Waals surface area contributed by atoms with E-state index in [9.17, 15) is 9.32 Å². The summed E-state index contributed by atoms with van der Waals surface area (Å²) in [5, 5.41) is 14.1. The fraction of sp³-hybridized carbons (Fsp3) is 0.381. The maximum Gasteiger partial charge on any atom is 0.238 e. The predicted molar refractivity (Wildman–Crippen MR) is 124 cm³/mol. The van der Waals surface area contributed by atoms with Crippen LogP contribution >= 0.6 is 11.6 Å². The van der Waals surface area contributed by atoms with Crippen LogP contribution in [0.2, 0.25) is 5.02 Å². The third-order valence-electron chi connectivity index (χ3n) is 5.27. The van der Waals surface area contributed by atoms with Gasteiger partial charge in [-0.3, -0.25) is 0 Å². The number of benzene rings is 1. The molecule has 1 aromatic carbocycles. The topological polar surface area (TPSA) is 128 Å². The Morgan fingerprint density at radius 2 is 2.03 bits per heavy atom. The molecule has 10 nitrogen and oxygen atoms in total. The van der Waals surface area contributed by atoms with Crippen molar-refractivity contribution in [2.75, 3.05) is 31.0 Å². The lowest BCUT2D eigenvalue weighted by molar-refractivity contribution is 0.00795. The van der Waals surface area contributed by atoms with E-state index in [2.05, 4.69) is 24.6 Å². The van der Waals surface area contributed by atoms with Gasteiger partial charge in [0.1, 0.15) is 36.1 Å². The van der Waals surface area contributed by atoms with Gasteiger partial charge in [0.15, 0.2) is 6.10 Å². The van der Waals surface area contributed by atoms with Crippen molar-refractivity contribution >= 4 is 49.4 Å². The van der Waals surface area contributed by atoms with E-state index >= 15 is 0 Å². The number of aliphatic hydroxyl groups excluding tert-OH is 1. The maximum atomic E-state index is 12.1. The zero-order chi connectivity index (χ0) is 23.2. The molecule has 174 valence electrons. The van der Waals surface area contributed by atoms with Crippen molar-refractivity contribution < 1.29 is 23.5 Å². The summed E-state index contributed by atoms with van der Waals surface area (Å²) in [5.41, 5.74) is 1.59. The minimum absolute atomic E-state index is 0.216. The van der Waals surface area contributed by atoms with Gasteiger partial charge in [-0.05, 0) is 24.3 Å². The molecule has 4 heterocycles. The first-order chi connectivity index (χ1) is 15.8. The van der Waals surface area contributed by atoms with E-state index in [0.717, 1.165) is 0 Å². The zero-order valence-corrected chi connectivity index (χ0v) is 19.4. The molecule has 2 aromatic heterocycles. The van der Waals surface area contributed by atoms with Gasteiger partial charge in [-0.25, -0.2) is 19.2 Å². The Kier molecular flexibility index (Phi) is 5.83. The van der Waals surface area contributed by atoms with Crippen LogP contribution in [0.4, 0.5) is 17.2 Å². The Morgan fingerprint density at radius 3 is 2.85 bits per heavy atom. The van der Waals surface area contributed by atoms with Gasteiger partial charge >= 0.3 is 0 Å². The SMILES string of the molecule is CS(C)(=O)=Nc1cc(Cl)c2c(Nc3cccnc3O[C@@H]3CO[C@H]4[C@@H]3OC[C@H]4O)ncnc2c1. The summed E-state index contributed by atoms with van der Waals surface area (Å²) in [5.74, 6) is 0.791. The molecule has 0 saturated carbocycles. The quantitative estimate of drug-likeness (QED) is 0.553. The van der Waals surface area contributed by atoms with Gasteiger partial charge < -0.3 is 24.6 Å². The number of fused-ring (bicyclic) bond motifs is 2. The van der Waals surface area contributed by atoms with Crippen molar-refractivity contribution in [3.63, 3.8) is 0 Å². The van der Waals surface area contributed by atoms with Crippen LogP contribution in [-0.4, -0.2) is 74.4 Å². The van der Waals surface area contributed by atoms with E-state index in [1.54, 1.807) is 43.0 Å². The van der Waals surface area contributed by atoms with Crippen LogP contribution in [0.25, 0.3) is 10.9 Å². The molecule has 12 heteroatoms. The highest BCUT2D eigenvalue weighted by molar-refractivity contribution is 7.92. The van der Waals surface area contributed by atoms with E-state index < -0.39 is 28.0 Å². The largest absolute Gasteiger partial charge is 0.468 e. The van der Waals surface area contributed by atoms with Gasteiger partial charge in [-0.15, -0.1) is 0 Å². The van der Waals surface area contributed by atoms with Gasteiger partial charge in [-0.2, -0.15) is 4.36 Å². The van der Waals surface area contributed by atoms with E-state index in [-0.39, 0.29) is 19.3 Å². The third kappa shape index (κ3) is 4.59. The van der Waals surface area contributed by atoms with Crippen molar-refractivity contribution in [2.24, 2.45) is 4.36 Å². The lowest BCUT2D eigenvalue weighted by atomic mass is 10.1. The predicted octanol–water partition coefficient (Wildman–Crippen LogP) is 2.69. The molecule has 0 unspecified atom stereocenters. The highest BCUT2D eigenvalue weighted by Gasteiger charge is 2.48. The molecular formula is C21H22ClN5O5S. The standard InChI is InChI=1S/C21H22ClN5O5S/c1-33(2,29)27-11-6-12(22)17-14(7-11)24-10-25-20(17)26-13-4-3-5-23-21(13)32-16-9-31-18-15(28)8-30-19(16)18/h3-7,10,15-16,18-19,28H,8-9H2,1-2H3,(H,24,25,26)/t15-,16-,18-,19-/m1/s1. The Labute approximate surface area is 195 Å². The molecule has 0 spiro atoms. The number of nitrogens with one attached hydrogen (secondary N) is 1. The Morgan fingerprint density at radius 1 is 1.21 bits per heavy atom. The van der Waals surface area contributed by atoms with Crippen LogP contribution in [-0.2, 0) is 19.2 Å². The van der Waals surface area contributed by atoms with Gasteiger partial charge in [-0.1, -0.05) is 11.6 Å². The highest BCUT2D eigenvalue weighted by atomic mass is 35.5. The van der Waals surface area contributed by atoms with E-state index in [1.165, 1.54) is 6.33 Å². The zero-order valence-electron chi connectivity index (χ0n) is 17.8. The molecule has 2 aliphatic heterocycles. The highest BCUT2D eigenvalue weighted by Crippen LogP contribution is 2.36. The molecule has 2 aliphatic rings. The van der Waals surface area contributed by atoms with Crippen molar-refractivity contribution in [3.05, 3.63) is 41.8 Å². The first kappa shape index (κ1) is 22.2. The number of nitrogens with zero attached hydrogens (tertiary/aromatic N) is 4. The van der Waals surface area contributed by atoms with Crippen LogP contribution in [0, 0.1) is 0 Å². The van der Waals surface area contributed by atoms with E-state index in [0.29, 0.717) is 39.0 Å². The lowest BCUT2D eigenvalue weighted by Crippen LogP contribution is -2.34. The van der Waals surface area contributed by atoms with Crippen molar-refractivity contribution in [2.45, 2.75) is 24.4 Å². The summed E-state index contributed by atoms with van der Waals surface area (Å²) in [7, 11) is -2.35. The molecule has 0 radical (unpaired) electrons. The van der Waals surface area contributed by atoms with Crippen molar-refractivity contribution in [3.8, 4) is 5.88 Å². The van der Waals surface area contributed by atoms with E-state index in [1.807, 2.05) is 0 Å². The number of halogens is 1. The van der Waals surface area contributed by atoms with Gasteiger partial charge in [0, 0.05) is 28.4 Å². The molecule has 0 amide bonds. The lowest BCUT2D eigenvalue weighted by Gasteiger charge is -2.19. The van der Waals surface area contributed by atoms with Crippen molar-refractivity contribution in [1.82, 2.24) is 15.0 Å². The van der Waals surface area contributed by atoms with Gasteiger partial charge in [0.05, 0.1) is 34.8 Å². The normalized spacial score (nSPS) is 24.6. The number of ether oxygens (including phenoxy) is 3. The molecule has 0 aliphatic carbocycles. The number of hydrogen-bond acceptors (Lipinski definition) is 10. The number of pyridine rings is 1. The van der Waals surface area contributed by atoms with Crippen molar-refractivity contribution in [1.29, 1.82) is 0 Å². The molecule has 0 bridgehead atoms. The average molecular weight is 492 g/mol. The summed E-state index contributed by atoms with van der Waals surface area (Å²) in [4.78, 5) is 13.0. The Bertz CT molecular complexity index is 1320. The molecule has 3 aromatic rings. The van der Waals surface area contributed by atoms with Crippen LogP contribution in [0.5, 0.6) is 5.88 Å². The number of hydrogen-bond donors (Lipinski definition) is 2. The third-order valence-corrected chi connectivity index (χ3v) is 6.22. The number of aliphatic hydroxyl groups is 1. The van der Waals surface area contributed by atoms with Gasteiger partial charge in [0.2, 0.25) is 5.88 Å². The molecule has 2 fully saturated rings. The van der Waals surface area contributed by atoms with Crippen LogP contribution in [0.15, 0.2) is 41.2 Å². The smallest absolute Gasteiger partial charge is 0.238 e. The summed E-state index contributed by atoms with van der Waals surface area (Å²) >= 11 is 6.54. The van der Waals surface area contributed by atoms with Crippen LogP contribution < -0.4 is 10.1 Å². The van der Waals surface area contributed by atoms with Crippen LogP contribution in [0.1, 0.15) is 0 Å². The maximum absolute atomic E-state index is 12.1. The Balaban J connectivity index is 1.46. The van der Waals surface area contributed by atoms with Crippen LogP contribution in [0.3, 0.4) is 0 Å². The summed E-state index contributed by atoms with van der Waals surface area (Å²) in [6.45, 7) is 0.502.